The zero-order chi connectivity index (χ0) is 19.7. The van der Waals surface area contributed by atoms with Crippen LogP contribution in [0.1, 0.15) is 50.4 Å². The summed E-state index contributed by atoms with van der Waals surface area (Å²) < 4.78 is 10.4. The zero-order valence-corrected chi connectivity index (χ0v) is 16.3. The van der Waals surface area contributed by atoms with Crippen LogP contribution in [0.2, 0.25) is 0 Å². The van der Waals surface area contributed by atoms with E-state index in [1.54, 1.807) is 12.1 Å². The smallest absolute Gasteiger partial charge is 0.341 e. The fourth-order valence-electron chi connectivity index (χ4n) is 3.57. The van der Waals surface area contributed by atoms with Gasteiger partial charge in [0.2, 0.25) is 5.55 Å². The van der Waals surface area contributed by atoms with Crippen molar-refractivity contribution in [1.29, 1.82) is 5.41 Å². The molecule has 0 aliphatic heterocycles. The number of aryl methyl sites for hydroxylation is 1. The highest BCUT2D eigenvalue weighted by Crippen LogP contribution is 2.38. The van der Waals surface area contributed by atoms with Crippen molar-refractivity contribution in [3.63, 3.8) is 0 Å². The van der Waals surface area contributed by atoms with Gasteiger partial charge in [-0.05, 0) is 43.4 Å². The maximum absolute atomic E-state index is 12.9. The van der Waals surface area contributed by atoms with E-state index in [9.17, 15) is 9.59 Å². The monoisotopic (exact) mass is 396 g/mol. The van der Waals surface area contributed by atoms with E-state index >= 15 is 0 Å². The molecule has 0 fully saturated rings. The van der Waals surface area contributed by atoms with E-state index in [-0.39, 0.29) is 11.1 Å². The maximum Gasteiger partial charge on any atom is 0.341 e. The molecule has 2 heterocycles. The number of para-hydroxylation sites is 1. The third-order valence-corrected chi connectivity index (χ3v) is 6.17. The van der Waals surface area contributed by atoms with Crippen molar-refractivity contribution in [2.24, 2.45) is 0 Å². The number of benzene rings is 1. The molecule has 1 aliphatic rings. The summed E-state index contributed by atoms with van der Waals surface area (Å²) in [5.41, 5.74) is 1.88. The van der Waals surface area contributed by atoms with Gasteiger partial charge in [0, 0.05) is 10.3 Å². The number of fused-ring (bicyclic) bond motifs is 2. The predicted molar refractivity (Wildman–Crippen MR) is 107 cm³/mol. The molecule has 144 valence electrons. The molecule has 0 atom stereocenters. The molecule has 2 aromatic heterocycles. The summed E-state index contributed by atoms with van der Waals surface area (Å²) in [6.45, 7) is 0. The molecule has 4 rings (SSSR count). The Morgan fingerprint density at radius 1 is 1.18 bits per heavy atom. The normalized spacial score (nSPS) is 13.6. The van der Waals surface area contributed by atoms with Crippen LogP contribution < -0.4 is 10.9 Å². The number of hydrogen-bond acceptors (Lipinski definition) is 6. The van der Waals surface area contributed by atoms with Crippen LogP contribution in [0.5, 0.6) is 0 Å². The summed E-state index contributed by atoms with van der Waals surface area (Å²) in [6, 6.07) is 8.86. The van der Waals surface area contributed by atoms with E-state index in [2.05, 4.69) is 5.32 Å². The van der Waals surface area contributed by atoms with Gasteiger partial charge >= 0.3 is 5.97 Å². The molecule has 1 aliphatic carbocycles. The Morgan fingerprint density at radius 2 is 1.96 bits per heavy atom. The molecule has 1 aromatic carbocycles. The van der Waals surface area contributed by atoms with Crippen molar-refractivity contribution in [3.05, 3.63) is 57.5 Å². The van der Waals surface area contributed by atoms with Gasteiger partial charge in [0.1, 0.15) is 16.1 Å². The number of thiophene rings is 1. The first-order valence-electron chi connectivity index (χ1n) is 9.20. The first kappa shape index (κ1) is 18.4. The van der Waals surface area contributed by atoms with Gasteiger partial charge in [-0.25, -0.2) is 4.79 Å². The molecule has 28 heavy (non-hydrogen) atoms. The number of rotatable bonds is 3. The summed E-state index contributed by atoms with van der Waals surface area (Å²) in [6.07, 6.45) is 4.92. The first-order valence-corrected chi connectivity index (χ1v) is 10.0. The Morgan fingerprint density at radius 3 is 2.79 bits per heavy atom. The third-order valence-electron chi connectivity index (χ3n) is 4.96. The van der Waals surface area contributed by atoms with E-state index in [1.165, 1.54) is 18.4 Å². The van der Waals surface area contributed by atoms with E-state index in [0.717, 1.165) is 47.9 Å². The predicted octanol–water partition coefficient (Wildman–Crippen LogP) is 4.28. The highest BCUT2D eigenvalue weighted by Gasteiger charge is 2.27. The number of amides is 1. The second kappa shape index (κ2) is 7.59. The van der Waals surface area contributed by atoms with Crippen LogP contribution in [-0.4, -0.2) is 19.0 Å². The van der Waals surface area contributed by atoms with Gasteiger partial charge in [0.05, 0.1) is 12.7 Å². The second-order valence-electron chi connectivity index (χ2n) is 6.74. The Hall–Kier alpha value is -2.93. The van der Waals surface area contributed by atoms with Crippen LogP contribution in [0.25, 0.3) is 11.0 Å². The molecule has 3 aromatic rings. The van der Waals surface area contributed by atoms with Gasteiger partial charge in [0.25, 0.3) is 5.91 Å². The summed E-state index contributed by atoms with van der Waals surface area (Å²) in [4.78, 5) is 26.4. The third kappa shape index (κ3) is 3.33. The average molecular weight is 396 g/mol. The van der Waals surface area contributed by atoms with Crippen molar-refractivity contribution in [3.8, 4) is 0 Å². The van der Waals surface area contributed by atoms with Crippen LogP contribution in [0.3, 0.4) is 0 Å². The maximum atomic E-state index is 12.9. The molecule has 6 nitrogen and oxygen atoms in total. The highest BCUT2D eigenvalue weighted by molar-refractivity contribution is 7.17. The number of esters is 1. The Labute approximate surface area is 165 Å². The Balaban J connectivity index is 1.73. The summed E-state index contributed by atoms with van der Waals surface area (Å²) >= 11 is 1.43. The number of anilines is 1. The molecule has 0 spiro atoms. The first-order chi connectivity index (χ1) is 13.6. The molecular weight excluding hydrogens is 376 g/mol. The fourth-order valence-corrected chi connectivity index (χ4v) is 4.84. The van der Waals surface area contributed by atoms with E-state index in [0.29, 0.717) is 16.1 Å². The van der Waals surface area contributed by atoms with Gasteiger partial charge in [-0.2, -0.15) is 0 Å². The molecule has 0 bridgehead atoms. The molecular formula is C21H20N2O4S. The summed E-state index contributed by atoms with van der Waals surface area (Å²) in [5, 5.41) is 12.1. The number of methoxy groups -OCH3 is 1. The number of carbonyl (C=O) groups is 2. The lowest BCUT2D eigenvalue weighted by molar-refractivity contribution is 0.0601. The Kier molecular flexibility index (Phi) is 5.00. The largest absolute Gasteiger partial charge is 0.465 e. The minimum absolute atomic E-state index is 0.123. The van der Waals surface area contributed by atoms with Crippen molar-refractivity contribution < 1.29 is 18.7 Å². The van der Waals surface area contributed by atoms with Gasteiger partial charge in [-0.15, -0.1) is 11.3 Å². The van der Waals surface area contributed by atoms with Crippen LogP contribution in [0, 0.1) is 5.41 Å². The summed E-state index contributed by atoms with van der Waals surface area (Å²) in [5.74, 6) is -0.912. The van der Waals surface area contributed by atoms with Crippen LogP contribution in [0.15, 0.2) is 34.7 Å². The standard InChI is InChI=1S/C21H20N2O4S/c1-26-21(25)17-13-8-3-2-4-10-16(13)28-20(17)23-19(24)14-11-12-7-5-6-9-15(12)27-18(14)22/h5-7,9,11,22H,2-4,8,10H2,1H3,(H,23,24). The molecule has 0 saturated carbocycles. The van der Waals surface area contributed by atoms with E-state index in [1.807, 2.05) is 18.2 Å². The lowest BCUT2D eigenvalue weighted by Crippen LogP contribution is -2.21. The lowest BCUT2D eigenvalue weighted by atomic mass is 10.1. The SMILES string of the molecule is COC(=O)c1c(NC(=O)c2cc3ccccc3oc2=N)sc2c1CCCCC2. The minimum Gasteiger partial charge on any atom is -0.465 e. The highest BCUT2D eigenvalue weighted by atomic mass is 32.1. The quantitative estimate of drug-likeness (QED) is 0.510. The number of carbonyl (C=O) groups excluding carboxylic acids is 2. The topological polar surface area (TPSA) is 92.4 Å². The molecule has 7 heteroatoms. The zero-order valence-electron chi connectivity index (χ0n) is 15.5. The number of nitrogens with one attached hydrogen (secondary N) is 2. The number of hydrogen-bond donors (Lipinski definition) is 2. The van der Waals surface area contributed by atoms with Gasteiger partial charge in [0.15, 0.2) is 0 Å². The van der Waals surface area contributed by atoms with Gasteiger partial charge in [-0.1, -0.05) is 24.6 Å². The van der Waals surface area contributed by atoms with E-state index in [4.69, 9.17) is 14.6 Å². The minimum atomic E-state index is -0.471. The average Bonchev–Trinajstić information content (AvgIpc) is 2.87. The molecule has 2 N–H and O–H groups in total. The van der Waals surface area contributed by atoms with Crippen LogP contribution >= 0.6 is 11.3 Å². The van der Waals surface area contributed by atoms with Crippen molar-refractivity contribution in [1.82, 2.24) is 0 Å². The van der Waals surface area contributed by atoms with Gasteiger partial charge in [-0.3, -0.25) is 10.2 Å². The number of ether oxygens (including phenoxy) is 1. The van der Waals surface area contributed by atoms with E-state index < -0.39 is 11.9 Å². The van der Waals surface area contributed by atoms with Crippen LogP contribution in [0.4, 0.5) is 5.00 Å². The molecule has 0 unspecified atom stereocenters. The molecule has 0 radical (unpaired) electrons. The summed E-state index contributed by atoms with van der Waals surface area (Å²) in [7, 11) is 1.35. The van der Waals surface area contributed by atoms with Crippen molar-refractivity contribution in [2.45, 2.75) is 32.1 Å². The van der Waals surface area contributed by atoms with Gasteiger partial charge < -0.3 is 14.5 Å². The molecule has 0 saturated heterocycles. The second-order valence-corrected chi connectivity index (χ2v) is 7.85. The fraction of sp³-hybridized carbons (Fsp3) is 0.286. The van der Waals surface area contributed by atoms with Crippen LogP contribution in [-0.2, 0) is 17.6 Å². The molecule has 1 amide bonds. The van der Waals surface area contributed by atoms with Crippen molar-refractivity contribution in [2.75, 3.05) is 12.4 Å². The van der Waals surface area contributed by atoms with Crippen molar-refractivity contribution >= 4 is 39.2 Å². The Bertz CT molecular complexity index is 1130. The lowest BCUT2D eigenvalue weighted by Gasteiger charge is -2.08.